The molecule has 0 bridgehead atoms. The Hall–Kier alpha value is -1.62. The number of carbonyl (C=O) groups excluding carboxylic acids is 1. The van der Waals surface area contributed by atoms with Gasteiger partial charge in [0.05, 0.1) is 5.56 Å². The maximum absolute atomic E-state index is 11.8. The van der Waals surface area contributed by atoms with Crippen molar-refractivity contribution in [2.75, 3.05) is 6.54 Å². The second-order valence-corrected chi connectivity index (χ2v) is 4.61. The van der Waals surface area contributed by atoms with Gasteiger partial charge in [0.2, 0.25) is 0 Å². The van der Waals surface area contributed by atoms with E-state index in [1.165, 1.54) is 0 Å². The molecule has 2 rings (SSSR count). The van der Waals surface area contributed by atoms with E-state index in [1.54, 1.807) is 17.5 Å². The van der Waals surface area contributed by atoms with Crippen molar-refractivity contribution in [2.45, 2.75) is 19.8 Å². The number of imidazole rings is 1. The minimum absolute atomic E-state index is 0.0168. The first-order valence-corrected chi connectivity index (χ1v) is 6.51. The predicted octanol–water partition coefficient (Wildman–Crippen LogP) is 2.14. The van der Waals surface area contributed by atoms with Crippen LogP contribution in [0, 0.1) is 6.92 Å². The summed E-state index contributed by atoms with van der Waals surface area (Å²) in [5.41, 5.74) is 1.83. The monoisotopic (exact) mass is 249 g/mol. The quantitative estimate of drug-likeness (QED) is 0.798. The highest BCUT2D eigenvalue weighted by Gasteiger charge is 2.08. The predicted molar refractivity (Wildman–Crippen MR) is 68.3 cm³/mol. The molecule has 4 nitrogen and oxygen atoms in total. The molecule has 0 saturated heterocycles. The third-order valence-electron chi connectivity index (χ3n) is 2.53. The number of hydrogen-bond acceptors (Lipinski definition) is 3. The molecule has 2 N–H and O–H groups in total. The summed E-state index contributed by atoms with van der Waals surface area (Å²) < 4.78 is 0. The van der Waals surface area contributed by atoms with Crippen molar-refractivity contribution in [3.63, 3.8) is 0 Å². The molecule has 0 atom stereocenters. The number of aromatic nitrogens is 2. The summed E-state index contributed by atoms with van der Waals surface area (Å²) in [6.07, 6.45) is 5.30. The van der Waals surface area contributed by atoms with Gasteiger partial charge < -0.3 is 10.3 Å². The van der Waals surface area contributed by atoms with Crippen LogP contribution in [0.5, 0.6) is 0 Å². The molecule has 2 heterocycles. The van der Waals surface area contributed by atoms with Crippen molar-refractivity contribution in [1.82, 2.24) is 15.3 Å². The Balaban J connectivity index is 1.72. The molecule has 17 heavy (non-hydrogen) atoms. The second-order valence-electron chi connectivity index (χ2n) is 3.86. The molecule has 5 heteroatoms. The Morgan fingerprint density at radius 1 is 1.53 bits per heavy atom. The van der Waals surface area contributed by atoms with Crippen LogP contribution < -0.4 is 5.32 Å². The van der Waals surface area contributed by atoms with Gasteiger partial charge in [0.25, 0.3) is 5.91 Å². The van der Waals surface area contributed by atoms with Gasteiger partial charge in [-0.1, -0.05) is 0 Å². The van der Waals surface area contributed by atoms with E-state index in [2.05, 4.69) is 15.3 Å². The highest BCUT2D eigenvalue weighted by Crippen LogP contribution is 2.13. The lowest BCUT2D eigenvalue weighted by molar-refractivity contribution is 0.0953. The zero-order valence-corrected chi connectivity index (χ0v) is 10.5. The second kappa shape index (κ2) is 5.63. The van der Waals surface area contributed by atoms with Gasteiger partial charge in [0.15, 0.2) is 0 Å². The van der Waals surface area contributed by atoms with E-state index in [1.807, 2.05) is 23.9 Å². The van der Waals surface area contributed by atoms with Crippen LogP contribution in [-0.4, -0.2) is 22.4 Å². The molecule has 0 aliphatic heterocycles. The van der Waals surface area contributed by atoms with Crippen LogP contribution in [0.15, 0.2) is 23.2 Å². The maximum atomic E-state index is 11.8. The van der Waals surface area contributed by atoms with Gasteiger partial charge in [-0.2, -0.15) is 11.3 Å². The van der Waals surface area contributed by atoms with Crippen molar-refractivity contribution < 1.29 is 4.79 Å². The summed E-state index contributed by atoms with van der Waals surface area (Å²) in [5.74, 6) is 0.981. The van der Waals surface area contributed by atoms with Crippen molar-refractivity contribution in [2.24, 2.45) is 0 Å². The molecule has 0 spiro atoms. The molecule has 0 aliphatic carbocycles. The van der Waals surface area contributed by atoms with Crippen LogP contribution in [-0.2, 0) is 6.42 Å². The van der Waals surface area contributed by atoms with Gasteiger partial charge in [-0.15, -0.1) is 0 Å². The molecule has 2 aromatic heterocycles. The molecular weight excluding hydrogens is 234 g/mol. The zero-order chi connectivity index (χ0) is 12.1. The topological polar surface area (TPSA) is 57.8 Å². The Morgan fingerprint density at radius 3 is 3.06 bits per heavy atom. The van der Waals surface area contributed by atoms with E-state index in [9.17, 15) is 4.79 Å². The number of rotatable bonds is 5. The highest BCUT2D eigenvalue weighted by molar-refractivity contribution is 7.08. The molecule has 0 saturated carbocycles. The number of nitrogens with one attached hydrogen (secondary N) is 2. The van der Waals surface area contributed by atoms with Gasteiger partial charge in [-0.3, -0.25) is 4.79 Å². The number of H-pyrrole nitrogens is 1. The summed E-state index contributed by atoms with van der Waals surface area (Å²) in [6, 6.07) is 0. The maximum Gasteiger partial charge on any atom is 0.252 e. The van der Waals surface area contributed by atoms with Gasteiger partial charge in [0, 0.05) is 30.7 Å². The average Bonchev–Trinajstić information content (AvgIpc) is 2.95. The van der Waals surface area contributed by atoms with E-state index < -0.39 is 0 Å². The Labute approximate surface area is 104 Å². The fourth-order valence-corrected chi connectivity index (χ4v) is 2.41. The SMILES string of the molecule is Cc1cscc1C(=O)NCCCc1ncc[nH]1. The minimum Gasteiger partial charge on any atom is -0.352 e. The Bertz CT molecular complexity index is 476. The van der Waals surface area contributed by atoms with Crippen molar-refractivity contribution in [3.05, 3.63) is 40.1 Å². The number of aryl methyl sites for hydroxylation is 2. The third-order valence-corrected chi connectivity index (χ3v) is 3.39. The van der Waals surface area contributed by atoms with E-state index >= 15 is 0 Å². The molecule has 90 valence electrons. The van der Waals surface area contributed by atoms with Gasteiger partial charge in [0.1, 0.15) is 5.82 Å². The van der Waals surface area contributed by atoms with E-state index in [4.69, 9.17) is 0 Å². The third kappa shape index (κ3) is 3.17. The molecule has 0 radical (unpaired) electrons. The molecule has 0 fully saturated rings. The standard InChI is InChI=1S/C12H15N3OS/c1-9-7-17-8-10(9)12(16)15-4-2-3-11-13-5-6-14-11/h5-8H,2-4H2,1H3,(H,13,14)(H,15,16). The number of carbonyl (C=O) groups is 1. The molecule has 1 amide bonds. The van der Waals surface area contributed by atoms with Crippen molar-refractivity contribution in [3.8, 4) is 0 Å². The number of hydrogen-bond donors (Lipinski definition) is 2. The lowest BCUT2D eigenvalue weighted by atomic mass is 10.2. The number of thiophene rings is 1. The fourth-order valence-electron chi connectivity index (χ4n) is 1.58. The van der Waals surface area contributed by atoms with Gasteiger partial charge >= 0.3 is 0 Å². The summed E-state index contributed by atoms with van der Waals surface area (Å²) in [7, 11) is 0. The van der Waals surface area contributed by atoms with Crippen LogP contribution in [0.4, 0.5) is 0 Å². The van der Waals surface area contributed by atoms with Crippen LogP contribution >= 0.6 is 11.3 Å². The number of aromatic amines is 1. The van der Waals surface area contributed by atoms with E-state index in [0.717, 1.165) is 29.8 Å². The first-order chi connectivity index (χ1) is 8.27. The van der Waals surface area contributed by atoms with Crippen LogP contribution in [0.25, 0.3) is 0 Å². The average molecular weight is 249 g/mol. The highest BCUT2D eigenvalue weighted by atomic mass is 32.1. The molecule has 0 unspecified atom stereocenters. The van der Waals surface area contributed by atoms with Crippen LogP contribution in [0.3, 0.4) is 0 Å². The van der Waals surface area contributed by atoms with Crippen LogP contribution in [0.1, 0.15) is 28.2 Å². The smallest absolute Gasteiger partial charge is 0.252 e. The molecule has 0 aromatic carbocycles. The summed E-state index contributed by atoms with van der Waals surface area (Å²) in [5, 5.41) is 6.78. The lowest BCUT2D eigenvalue weighted by Gasteiger charge is -2.03. The van der Waals surface area contributed by atoms with E-state index in [0.29, 0.717) is 6.54 Å². The van der Waals surface area contributed by atoms with Crippen LogP contribution in [0.2, 0.25) is 0 Å². The normalized spacial score (nSPS) is 10.4. The van der Waals surface area contributed by atoms with Crippen molar-refractivity contribution in [1.29, 1.82) is 0 Å². The summed E-state index contributed by atoms with van der Waals surface area (Å²) in [4.78, 5) is 18.9. The van der Waals surface area contributed by atoms with E-state index in [-0.39, 0.29) is 5.91 Å². The number of amides is 1. The minimum atomic E-state index is 0.0168. The largest absolute Gasteiger partial charge is 0.352 e. The molecule has 2 aromatic rings. The fraction of sp³-hybridized carbons (Fsp3) is 0.333. The first-order valence-electron chi connectivity index (χ1n) is 5.56. The van der Waals surface area contributed by atoms with Crippen molar-refractivity contribution >= 4 is 17.2 Å². The molecular formula is C12H15N3OS. The lowest BCUT2D eigenvalue weighted by Crippen LogP contribution is -2.24. The molecule has 0 aliphatic rings. The van der Waals surface area contributed by atoms with Gasteiger partial charge in [-0.25, -0.2) is 4.98 Å². The Kier molecular flexibility index (Phi) is 3.93. The van der Waals surface area contributed by atoms with Gasteiger partial charge in [-0.05, 0) is 24.3 Å². The summed E-state index contributed by atoms with van der Waals surface area (Å²) >= 11 is 1.56. The zero-order valence-electron chi connectivity index (χ0n) is 9.69. The first kappa shape index (κ1) is 11.9. The summed E-state index contributed by atoms with van der Waals surface area (Å²) in [6.45, 7) is 2.63. The Morgan fingerprint density at radius 2 is 2.41 bits per heavy atom. The number of nitrogens with zero attached hydrogens (tertiary/aromatic N) is 1.